The van der Waals surface area contributed by atoms with Crippen molar-refractivity contribution in [2.24, 2.45) is 0 Å². The van der Waals surface area contributed by atoms with Crippen LogP contribution in [0.2, 0.25) is 0 Å². The number of aromatic nitrogens is 2. The second-order valence-electron chi connectivity index (χ2n) is 4.14. The minimum Gasteiger partial charge on any atom is -0.399 e. The minimum absolute atomic E-state index is 0.0555. The van der Waals surface area contributed by atoms with Gasteiger partial charge >= 0.3 is 0 Å². The van der Waals surface area contributed by atoms with Gasteiger partial charge in [0.05, 0.1) is 4.90 Å². The zero-order valence-corrected chi connectivity index (χ0v) is 11.4. The number of aryl methyl sites for hydroxylation is 2. The number of sulfonamides is 1. The van der Waals surface area contributed by atoms with Gasteiger partial charge in [-0.3, -0.25) is 0 Å². The van der Waals surface area contributed by atoms with Gasteiger partial charge in [-0.15, -0.1) is 0 Å². The highest BCUT2D eigenvalue weighted by Crippen LogP contribution is 2.15. The molecule has 0 radical (unpaired) electrons. The Hall–Kier alpha value is -2.15. The van der Waals surface area contributed by atoms with Crippen molar-refractivity contribution in [3.8, 4) is 0 Å². The zero-order valence-electron chi connectivity index (χ0n) is 10.6. The van der Waals surface area contributed by atoms with Crippen LogP contribution in [0.15, 0.2) is 35.4 Å². The van der Waals surface area contributed by atoms with Gasteiger partial charge in [0.2, 0.25) is 5.95 Å². The molecule has 3 N–H and O–H groups in total. The van der Waals surface area contributed by atoms with Gasteiger partial charge in [-0.25, -0.2) is 23.1 Å². The molecule has 0 spiro atoms. The van der Waals surface area contributed by atoms with E-state index in [-0.39, 0.29) is 10.8 Å². The van der Waals surface area contributed by atoms with E-state index in [1.807, 2.05) is 6.92 Å². The van der Waals surface area contributed by atoms with Crippen molar-refractivity contribution in [2.45, 2.75) is 18.7 Å². The summed E-state index contributed by atoms with van der Waals surface area (Å²) in [6.45, 7) is 3.64. The number of rotatable bonds is 3. The lowest BCUT2D eigenvalue weighted by Gasteiger charge is -2.08. The average Bonchev–Trinajstić information content (AvgIpc) is 2.34. The SMILES string of the molecule is Cc1cnc(NS(=O)(=O)c2ccc(N)cc2)nc1C. The molecule has 6 nitrogen and oxygen atoms in total. The molecule has 19 heavy (non-hydrogen) atoms. The molecule has 2 aromatic rings. The predicted molar refractivity (Wildman–Crippen MR) is 73.2 cm³/mol. The van der Waals surface area contributed by atoms with E-state index in [1.165, 1.54) is 24.3 Å². The number of benzene rings is 1. The highest BCUT2D eigenvalue weighted by molar-refractivity contribution is 7.92. The molecule has 0 unspecified atom stereocenters. The molecule has 0 aliphatic rings. The average molecular weight is 278 g/mol. The molecule has 7 heteroatoms. The number of anilines is 2. The zero-order chi connectivity index (χ0) is 14.0. The maximum Gasteiger partial charge on any atom is 0.264 e. The topological polar surface area (TPSA) is 98.0 Å². The summed E-state index contributed by atoms with van der Waals surface area (Å²) >= 11 is 0. The largest absolute Gasteiger partial charge is 0.399 e. The van der Waals surface area contributed by atoms with E-state index in [4.69, 9.17) is 5.73 Å². The molecule has 1 aromatic heterocycles. The fraction of sp³-hybridized carbons (Fsp3) is 0.167. The first-order valence-corrected chi connectivity index (χ1v) is 7.05. The number of nitrogens with zero attached hydrogens (tertiary/aromatic N) is 2. The van der Waals surface area contributed by atoms with Crippen LogP contribution in [0.5, 0.6) is 0 Å². The number of nitrogens with two attached hydrogens (primary N) is 1. The smallest absolute Gasteiger partial charge is 0.264 e. The Balaban J connectivity index is 2.30. The van der Waals surface area contributed by atoms with Crippen molar-refractivity contribution in [2.75, 3.05) is 10.5 Å². The molecular weight excluding hydrogens is 264 g/mol. The van der Waals surface area contributed by atoms with Gasteiger partial charge in [-0.1, -0.05) is 0 Å². The summed E-state index contributed by atoms with van der Waals surface area (Å²) in [5.74, 6) is 0.0555. The standard InChI is InChI=1S/C12H14N4O2S/c1-8-7-14-12(15-9(8)2)16-19(17,18)11-5-3-10(13)4-6-11/h3-7H,13H2,1-2H3,(H,14,15,16). The number of nitrogens with one attached hydrogen (secondary N) is 1. The molecule has 0 bridgehead atoms. The van der Waals surface area contributed by atoms with Crippen molar-refractivity contribution in [3.05, 3.63) is 41.7 Å². The third-order valence-corrected chi connectivity index (χ3v) is 3.98. The summed E-state index contributed by atoms with van der Waals surface area (Å²) < 4.78 is 26.5. The molecule has 0 aliphatic carbocycles. The Labute approximate surface area is 111 Å². The van der Waals surface area contributed by atoms with E-state index >= 15 is 0 Å². The number of nitrogen functional groups attached to an aromatic ring is 1. The van der Waals surface area contributed by atoms with Crippen molar-refractivity contribution in [3.63, 3.8) is 0 Å². The van der Waals surface area contributed by atoms with E-state index in [0.717, 1.165) is 11.3 Å². The molecular formula is C12H14N4O2S. The normalized spacial score (nSPS) is 11.3. The Morgan fingerprint density at radius 1 is 1.16 bits per heavy atom. The number of hydrogen-bond acceptors (Lipinski definition) is 5. The van der Waals surface area contributed by atoms with Crippen molar-refractivity contribution in [1.82, 2.24) is 9.97 Å². The molecule has 0 fully saturated rings. The molecule has 0 aliphatic heterocycles. The van der Waals surface area contributed by atoms with Crippen LogP contribution < -0.4 is 10.5 Å². The molecule has 1 aromatic carbocycles. The van der Waals surface area contributed by atoms with Gasteiger partial charge in [0.15, 0.2) is 0 Å². The quantitative estimate of drug-likeness (QED) is 0.829. The minimum atomic E-state index is -3.69. The maximum atomic E-state index is 12.1. The van der Waals surface area contributed by atoms with Crippen LogP contribution >= 0.6 is 0 Å². The van der Waals surface area contributed by atoms with Gasteiger partial charge in [-0.05, 0) is 43.7 Å². The lowest BCUT2D eigenvalue weighted by Crippen LogP contribution is -2.15. The second kappa shape index (κ2) is 4.85. The van der Waals surface area contributed by atoms with Crippen LogP contribution in [0.4, 0.5) is 11.6 Å². The van der Waals surface area contributed by atoms with Gasteiger partial charge in [0.1, 0.15) is 0 Å². The van der Waals surface area contributed by atoms with Crippen LogP contribution in [0.3, 0.4) is 0 Å². The second-order valence-corrected chi connectivity index (χ2v) is 5.82. The van der Waals surface area contributed by atoms with E-state index < -0.39 is 10.0 Å². The third-order valence-electron chi connectivity index (χ3n) is 2.64. The monoisotopic (exact) mass is 278 g/mol. The Kier molecular flexibility index (Phi) is 3.39. The van der Waals surface area contributed by atoms with Gasteiger partial charge in [-0.2, -0.15) is 0 Å². The fourth-order valence-electron chi connectivity index (χ4n) is 1.40. The predicted octanol–water partition coefficient (Wildman–Crippen LogP) is 1.48. The van der Waals surface area contributed by atoms with Crippen molar-refractivity contribution < 1.29 is 8.42 Å². The summed E-state index contributed by atoms with van der Waals surface area (Å²) in [5, 5.41) is 0. The first kappa shape index (κ1) is 13.3. The highest BCUT2D eigenvalue weighted by atomic mass is 32.2. The Morgan fingerprint density at radius 2 is 1.79 bits per heavy atom. The van der Waals surface area contributed by atoms with Crippen LogP contribution in [0, 0.1) is 13.8 Å². The first-order chi connectivity index (χ1) is 8.88. The van der Waals surface area contributed by atoms with Gasteiger partial charge in [0.25, 0.3) is 10.0 Å². The summed E-state index contributed by atoms with van der Waals surface area (Å²) in [6, 6.07) is 5.91. The molecule has 0 saturated carbocycles. The lowest BCUT2D eigenvalue weighted by molar-refractivity contribution is 0.601. The van der Waals surface area contributed by atoms with E-state index in [2.05, 4.69) is 14.7 Å². The molecule has 100 valence electrons. The molecule has 2 rings (SSSR count). The maximum absolute atomic E-state index is 12.1. The van der Waals surface area contributed by atoms with Crippen LogP contribution in [0.25, 0.3) is 0 Å². The van der Waals surface area contributed by atoms with Gasteiger partial charge in [0, 0.05) is 17.6 Å². The summed E-state index contributed by atoms with van der Waals surface area (Å²) in [7, 11) is -3.69. The third kappa shape index (κ3) is 3.00. The summed E-state index contributed by atoms with van der Waals surface area (Å²) in [6.07, 6.45) is 1.57. The first-order valence-electron chi connectivity index (χ1n) is 5.57. The van der Waals surface area contributed by atoms with Gasteiger partial charge < -0.3 is 5.73 Å². The highest BCUT2D eigenvalue weighted by Gasteiger charge is 2.15. The van der Waals surface area contributed by atoms with E-state index in [0.29, 0.717) is 5.69 Å². The molecule has 0 amide bonds. The molecule has 0 atom stereocenters. The number of hydrogen-bond donors (Lipinski definition) is 2. The molecule has 0 saturated heterocycles. The Morgan fingerprint density at radius 3 is 2.37 bits per heavy atom. The van der Waals surface area contributed by atoms with Crippen molar-refractivity contribution >= 4 is 21.7 Å². The Bertz CT molecular complexity index is 696. The van der Waals surface area contributed by atoms with Crippen molar-refractivity contribution in [1.29, 1.82) is 0 Å². The van der Waals surface area contributed by atoms with Crippen LogP contribution in [0.1, 0.15) is 11.3 Å². The summed E-state index contributed by atoms with van der Waals surface area (Å²) in [4.78, 5) is 8.13. The van der Waals surface area contributed by atoms with Crippen LogP contribution in [-0.4, -0.2) is 18.4 Å². The van der Waals surface area contributed by atoms with E-state index in [1.54, 1.807) is 13.1 Å². The summed E-state index contributed by atoms with van der Waals surface area (Å²) in [5.41, 5.74) is 7.65. The van der Waals surface area contributed by atoms with E-state index in [9.17, 15) is 8.42 Å². The lowest BCUT2D eigenvalue weighted by atomic mass is 10.3. The van der Waals surface area contributed by atoms with Crippen LogP contribution in [-0.2, 0) is 10.0 Å². The molecule has 1 heterocycles. The fourth-order valence-corrected chi connectivity index (χ4v) is 2.35.